The van der Waals surface area contributed by atoms with Crippen molar-refractivity contribution in [3.05, 3.63) is 48.2 Å². The summed E-state index contributed by atoms with van der Waals surface area (Å²) in [6, 6.07) is 7.23. The number of aromatic amines is 1. The van der Waals surface area contributed by atoms with Gasteiger partial charge in [0.15, 0.2) is 5.82 Å². The molecule has 10 nitrogen and oxygen atoms in total. The van der Waals surface area contributed by atoms with Gasteiger partial charge < -0.3 is 21.3 Å². The number of allylic oxidation sites excluding steroid dienone is 1. The van der Waals surface area contributed by atoms with Gasteiger partial charge in [0.25, 0.3) is 5.91 Å². The Labute approximate surface area is 196 Å². The SMILES string of the molecule is NC(=O)[C@@H]1[C@H](Nc2nc(Nc3cccc(C(=O)N4CCCC4)c3)nc3cn[nH]c23)[C@H]2C=C[C@@H]1C2. The van der Waals surface area contributed by atoms with Gasteiger partial charge in [0.1, 0.15) is 11.0 Å². The number of likely N-dealkylation sites (tertiary alicyclic amines) is 1. The Morgan fingerprint density at radius 3 is 2.76 bits per heavy atom. The summed E-state index contributed by atoms with van der Waals surface area (Å²) in [4.78, 5) is 36.1. The molecule has 6 rings (SSSR count). The third-order valence-corrected chi connectivity index (χ3v) is 7.15. The zero-order valence-corrected chi connectivity index (χ0v) is 18.6. The minimum absolute atomic E-state index is 0.0385. The molecule has 2 aliphatic carbocycles. The minimum atomic E-state index is -0.304. The van der Waals surface area contributed by atoms with Crippen LogP contribution in [0.2, 0.25) is 0 Å². The van der Waals surface area contributed by atoms with Crippen LogP contribution in [0.5, 0.6) is 0 Å². The van der Waals surface area contributed by atoms with Crippen LogP contribution >= 0.6 is 0 Å². The zero-order chi connectivity index (χ0) is 23.2. The van der Waals surface area contributed by atoms with Crippen molar-refractivity contribution < 1.29 is 9.59 Å². The van der Waals surface area contributed by atoms with Crippen molar-refractivity contribution in [2.75, 3.05) is 23.7 Å². The summed E-state index contributed by atoms with van der Waals surface area (Å²) in [5, 5.41) is 13.7. The molecule has 2 bridgehead atoms. The average Bonchev–Trinajstić information content (AvgIpc) is 3.63. The molecule has 1 aromatic carbocycles. The summed E-state index contributed by atoms with van der Waals surface area (Å²) in [6.07, 6.45) is 8.88. The largest absolute Gasteiger partial charge is 0.369 e. The third-order valence-electron chi connectivity index (χ3n) is 7.15. The van der Waals surface area contributed by atoms with Gasteiger partial charge in [-0.15, -0.1) is 0 Å². The lowest BCUT2D eigenvalue weighted by atomic mass is 9.88. The fourth-order valence-corrected chi connectivity index (χ4v) is 5.53. The van der Waals surface area contributed by atoms with E-state index in [-0.39, 0.29) is 35.6 Å². The zero-order valence-electron chi connectivity index (χ0n) is 18.6. The lowest BCUT2D eigenvalue weighted by Gasteiger charge is -2.27. The number of primary amides is 1. The molecule has 2 amide bonds. The van der Waals surface area contributed by atoms with E-state index in [0.29, 0.717) is 28.4 Å². The first-order valence-electron chi connectivity index (χ1n) is 11.7. The number of H-pyrrole nitrogens is 1. The highest BCUT2D eigenvalue weighted by Gasteiger charge is 2.47. The second kappa shape index (κ2) is 8.12. The van der Waals surface area contributed by atoms with E-state index >= 15 is 0 Å². The molecule has 0 unspecified atom stereocenters. The predicted octanol–water partition coefficient (Wildman–Crippen LogP) is 2.42. The highest BCUT2D eigenvalue weighted by Crippen LogP contribution is 2.45. The average molecular weight is 459 g/mol. The maximum atomic E-state index is 12.8. The topological polar surface area (TPSA) is 142 Å². The van der Waals surface area contributed by atoms with Crippen LogP contribution in [0.4, 0.5) is 17.5 Å². The standard InChI is InChI=1S/C24H26N8O2/c25-21(33)18-13-6-7-14(10-13)19(18)29-22-20-17(12-26-31-20)28-24(30-22)27-16-5-3-4-15(11-16)23(34)32-8-1-2-9-32/h3-7,11-14,18-19H,1-2,8-10H2,(H2,25,33)(H,26,31)(H2,27,28,29,30)/t13-,14+,18+,19-/m1/s1. The van der Waals surface area contributed by atoms with E-state index in [1.165, 1.54) is 0 Å². The highest BCUT2D eigenvalue weighted by molar-refractivity contribution is 5.95. The maximum absolute atomic E-state index is 12.8. The summed E-state index contributed by atoms with van der Waals surface area (Å²) in [6.45, 7) is 1.60. The predicted molar refractivity (Wildman–Crippen MR) is 127 cm³/mol. The summed E-state index contributed by atoms with van der Waals surface area (Å²) in [5.74, 6) is 0.766. The van der Waals surface area contributed by atoms with Crippen LogP contribution in [0.15, 0.2) is 42.6 Å². The molecule has 174 valence electrons. The van der Waals surface area contributed by atoms with E-state index in [0.717, 1.165) is 38.0 Å². The van der Waals surface area contributed by atoms with E-state index in [1.54, 1.807) is 6.20 Å². The number of carbonyl (C=O) groups is 2. The minimum Gasteiger partial charge on any atom is -0.369 e. The molecular weight excluding hydrogens is 432 g/mol. The molecule has 3 aromatic rings. The first-order chi connectivity index (χ1) is 16.6. The third kappa shape index (κ3) is 3.55. The van der Waals surface area contributed by atoms with E-state index in [4.69, 9.17) is 5.73 Å². The molecule has 1 saturated carbocycles. The van der Waals surface area contributed by atoms with Crippen molar-refractivity contribution in [1.82, 2.24) is 25.1 Å². The second-order valence-electron chi connectivity index (χ2n) is 9.28. The van der Waals surface area contributed by atoms with E-state index in [1.807, 2.05) is 29.2 Å². The number of anilines is 3. The quantitative estimate of drug-likeness (QED) is 0.416. The number of hydrogen-bond donors (Lipinski definition) is 4. The van der Waals surface area contributed by atoms with Crippen LogP contribution in [-0.2, 0) is 4.79 Å². The van der Waals surface area contributed by atoms with Gasteiger partial charge in [0.2, 0.25) is 11.9 Å². The van der Waals surface area contributed by atoms with E-state index in [9.17, 15) is 9.59 Å². The number of benzene rings is 1. The first-order valence-corrected chi connectivity index (χ1v) is 11.7. The number of amides is 2. The number of carbonyl (C=O) groups excluding carboxylic acids is 2. The second-order valence-corrected chi connectivity index (χ2v) is 9.28. The molecule has 10 heteroatoms. The Balaban J connectivity index is 1.28. The fraction of sp³-hybridized carbons (Fsp3) is 0.375. The van der Waals surface area contributed by atoms with Crippen LogP contribution in [0.1, 0.15) is 29.6 Å². The first kappa shape index (κ1) is 20.6. The van der Waals surface area contributed by atoms with Gasteiger partial charge in [0.05, 0.1) is 12.1 Å². The molecule has 4 atom stereocenters. The molecular formula is C24H26N8O2. The Hall–Kier alpha value is -3.95. The van der Waals surface area contributed by atoms with Gasteiger partial charge in [-0.25, -0.2) is 4.98 Å². The van der Waals surface area contributed by atoms with Crippen molar-refractivity contribution in [3.8, 4) is 0 Å². The van der Waals surface area contributed by atoms with Crippen molar-refractivity contribution >= 4 is 40.3 Å². The van der Waals surface area contributed by atoms with Crippen LogP contribution < -0.4 is 16.4 Å². The van der Waals surface area contributed by atoms with Gasteiger partial charge in [-0.2, -0.15) is 10.1 Å². The van der Waals surface area contributed by atoms with Gasteiger partial charge in [-0.1, -0.05) is 18.2 Å². The van der Waals surface area contributed by atoms with Crippen LogP contribution in [0.25, 0.3) is 11.0 Å². The lowest BCUT2D eigenvalue weighted by molar-refractivity contribution is -0.122. The number of fused-ring (bicyclic) bond motifs is 3. The molecule has 1 aliphatic heterocycles. The van der Waals surface area contributed by atoms with Crippen molar-refractivity contribution in [3.63, 3.8) is 0 Å². The van der Waals surface area contributed by atoms with Crippen molar-refractivity contribution in [2.45, 2.75) is 25.3 Å². The molecule has 3 aliphatic rings. The van der Waals surface area contributed by atoms with E-state index < -0.39 is 0 Å². The summed E-state index contributed by atoms with van der Waals surface area (Å²) in [7, 11) is 0. The molecule has 5 N–H and O–H groups in total. The number of hydrogen-bond acceptors (Lipinski definition) is 7. The van der Waals surface area contributed by atoms with Gasteiger partial charge in [-0.3, -0.25) is 14.7 Å². The number of aromatic nitrogens is 4. The number of nitrogens with one attached hydrogen (secondary N) is 3. The van der Waals surface area contributed by atoms with Gasteiger partial charge in [0, 0.05) is 30.4 Å². The number of rotatable bonds is 6. The van der Waals surface area contributed by atoms with E-state index in [2.05, 4.69) is 43.0 Å². The Morgan fingerprint density at radius 1 is 1.12 bits per heavy atom. The Kier molecular flexibility index (Phi) is 4.93. The summed E-state index contributed by atoms with van der Waals surface area (Å²) < 4.78 is 0. The molecule has 3 heterocycles. The number of nitrogens with zero attached hydrogens (tertiary/aromatic N) is 4. The monoisotopic (exact) mass is 458 g/mol. The molecule has 1 saturated heterocycles. The smallest absolute Gasteiger partial charge is 0.253 e. The maximum Gasteiger partial charge on any atom is 0.253 e. The molecule has 2 aromatic heterocycles. The Bertz CT molecular complexity index is 1300. The summed E-state index contributed by atoms with van der Waals surface area (Å²) >= 11 is 0. The van der Waals surface area contributed by atoms with Crippen LogP contribution in [-0.4, -0.2) is 56.0 Å². The van der Waals surface area contributed by atoms with Gasteiger partial charge >= 0.3 is 0 Å². The normalized spacial score (nSPS) is 25.2. The van der Waals surface area contributed by atoms with Crippen LogP contribution in [0.3, 0.4) is 0 Å². The Morgan fingerprint density at radius 2 is 1.94 bits per heavy atom. The van der Waals surface area contributed by atoms with Crippen molar-refractivity contribution in [2.24, 2.45) is 23.5 Å². The number of nitrogens with two attached hydrogens (primary N) is 1. The van der Waals surface area contributed by atoms with Crippen LogP contribution in [0, 0.1) is 17.8 Å². The lowest BCUT2D eigenvalue weighted by Crippen LogP contribution is -2.41. The van der Waals surface area contributed by atoms with Gasteiger partial charge in [-0.05, 0) is 49.3 Å². The summed E-state index contributed by atoms with van der Waals surface area (Å²) in [5.41, 5.74) is 8.38. The molecule has 0 spiro atoms. The van der Waals surface area contributed by atoms with Crippen molar-refractivity contribution in [1.29, 1.82) is 0 Å². The molecule has 0 radical (unpaired) electrons. The highest BCUT2D eigenvalue weighted by atomic mass is 16.2. The molecule has 2 fully saturated rings. The molecule has 34 heavy (non-hydrogen) atoms. The fourth-order valence-electron chi connectivity index (χ4n) is 5.53.